The number of hydrogen-bond donors (Lipinski definition) is 0. The Bertz CT molecular complexity index is 2980. The van der Waals surface area contributed by atoms with E-state index in [-0.39, 0.29) is 37.7 Å². The fourth-order valence-corrected chi connectivity index (χ4v) is 10.1. The van der Waals surface area contributed by atoms with Crippen molar-refractivity contribution in [3.05, 3.63) is 131 Å². The van der Waals surface area contributed by atoms with Gasteiger partial charge in [0.2, 0.25) is 0 Å². The molecule has 0 saturated carbocycles. The monoisotopic (exact) mass is 864 g/mol. The molecule has 0 bridgehead atoms. The number of rotatable bonds is 8. The van der Waals surface area contributed by atoms with Crippen LogP contribution >= 0.6 is 0 Å². The van der Waals surface area contributed by atoms with Crippen molar-refractivity contribution in [3.8, 4) is 0 Å². The third-order valence-electron chi connectivity index (χ3n) is 11.5. The van der Waals surface area contributed by atoms with E-state index in [0.29, 0.717) is 29.1 Å². The van der Waals surface area contributed by atoms with Crippen LogP contribution in [0.2, 0.25) is 0 Å². The zero-order valence-corrected chi connectivity index (χ0v) is 36.6. The first-order valence-corrected chi connectivity index (χ1v) is 22.3. The quantitative estimate of drug-likeness (QED) is 0.114. The van der Waals surface area contributed by atoms with Crippen LogP contribution in [0, 0.1) is 13.8 Å². The van der Waals surface area contributed by atoms with E-state index in [1.54, 1.807) is 78.9 Å². The molecular formula is C45H45BN2O11S2. The van der Waals surface area contributed by atoms with E-state index in [2.05, 4.69) is 0 Å². The van der Waals surface area contributed by atoms with Gasteiger partial charge in [-0.1, -0.05) is 47.5 Å². The molecule has 316 valence electrons. The van der Waals surface area contributed by atoms with Crippen molar-refractivity contribution in [2.45, 2.75) is 75.4 Å². The highest BCUT2D eigenvalue weighted by Crippen LogP contribution is 2.38. The molecule has 8 rings (SSSR count). The molecule has 1 saturated heterocycles. The molecule has 0 atom stereocenters. The average Bonchev–Trinajstić information content (AvgIpc) is 4.02. The lowest BCUT2D eigenvalue weighted by atomic mass is 9.76. The first-order chi connectivity index (χ1) is 28.7. The number of allylic oxidation sites excluding steroid dienone is 2. The second-order valence-electron chi connectivity index (χ2n) is 16.0. The molecule has 3 heterocycles. The Morgan fingerprint density at radius 3 is 1.51 bits per heavy atom. The van der Waals surface area contributed by atoms with Crippen LogP contribution in [0.5, 0.6) is 0 Å². The molecular weight excluding hydrogens is 819 g/mol. The molecule has 13 nitrogen and oxygen atoms in total. The van der Waals surface area contributed by atoms with Gasteiger partial charge in [0.1, 0.15) is 0 Å². The maximum Gasteiger partial charge on any atom is 0.495 e. The number of carbonyl (C=O) groups excluding carboxylic acids is 3. The summed E-state index contributed by atoms with van der Waals surface area (Å²) in [5.41, 5.74) is 3.74. The second-order valence-corrected chi connectivity index (χ2v) is 19.6. The normalized spacial score (nSPS) is 16.0. The van der Waals surface area contributed by atoms with Gasteiger partial charge < -0.3 is 18.8 Å². The maximum atomic E-state index is 13.5. The van der Waals surface area contributed by atoms with E-state index in [0.717, 1.165) is 30.2 Å². The molecule has 0 radical (unpaired) electrons. The second kappa shape index (κ2) is 15.9. The Morgan fingerprint density at radius 2 is 1.07 bits per heavy atom. The molecule has 6 aromatic rings. The summed E-state index contributed by atoms with van der Waals surface area (Å²) in [5.74, 6) is -1.22. The van der Waals surface area contributed by atoms with Crippen molar-refractivity contribution in [1.82, 2.24) is 7.94 Å². The highest BCUT2D eigenvalue weighted by Gasteiger charge is 2.52. The van der Waals surface area contributed by atoms with Crippen molar-refractivity contribution >= 4 is 77.7 Å². The van der Waals surface area contributed by atoms with E-state index in [1.165, 1.54) is 38.7 Å². The third-order valence-corrected chi connectivity index (χ3v) is 14.8. The van der Waals surface area contributed by atoms with Crippen molar-refractivity contribution in [1.29, 1.82) is 0 Å². The van der Waals surface area contributed by atoms with E-state index >= 15 is 0 Å². The fraction of sp³-hybridized carbons (Fsp3) is 0.267. The number of aromatic nitrogens is 2. The SMILES string of the molecule is COC(=O)c1ccc(B2OC(C)(C)C(C)(C)O2)c2ccn(S(=O)(=O)c3ccc(C)cc3)c12.COC(=O)c1ccc(C2=CC(=O)CC2)c2ccn(S(=O)(=O)c3ccc(C)cc3)c12. The van der Waals surface area contributed by atoms with Crippen LogP contribution in [0.3, 0.4) is 0 Å². The number of esters is 2. The van der Waals surface area contributed by atoms with Gasteiger partial charge in [-0.25, -0.2) is 34.4 Å². The van der Waals surface area contributed by atoms with Crippen molar-refractivity contribution in [2.75, 3.05) is 14.2 Å². The Labute approximate surface area is 355 Å². The number of hydrogen-bond acceptors (Lipinski definition) is 11. The number of ether oxygens (including phenoxy) is 2. The summed E-state index contributed by atoms with van der Waals surface area (Å²) in [4.78, 5) is 36.9. The van der Waals surface area contributed by atoms with Crippen molar-refractivity contribution in [3.63, 3.8) is 0 Å². The van der Waals surface area contributed by atoms with Gasteiger partial charge in [-0.15, -0.1) is 0 Å². The summed E-state index contributed by atoms with van der Waals surface area (Å²) in [6.45, 7) is 11.5. The van der Waals surface area contributed by atoms with Crippen LogP contribution in [0.15, 0.2) is 113 Å². The lowest BCUT2D eigenvalue weighted by Crippen LogP contribution is -2.41. The zero-order chi connectivity index (χ0) is 44.2. The molecule has 61 heavy (non-hydrogen) atoms. The number of fused-ring (bicyclic) bond motifs is 2. The minimum absolute atomic E-state index is 0.0388. The molecule has 1 aliphatic carbocycles. The summed E-state index contributed by atoms with van der Waals surface area (Å²) < 4.78 is 77.9. The first kappa shape index (κ1) is 43.3. The van der Waals surface area contributed by atoms with Gasteiger partial charge in [0, 0.05) is 29.6 Å². The largest absolute Gasteiger partial charge is 0.495 e. The number of aryl methyl sites for hydroxylation is 2. The number of carbonyl (C=O) groups is 3. The number of nitrogens with zero attached hydrogens (tertiary/aromatic N) is 2. The van der Waals surface area contributed by atoms with Gasteiger partial charge in [-0.2, -0.15) is 0 Å². The Kier molecular flexibility index (Phi) is 11.3. The molecule has 1 aliphatic heterocycles. The van der Waals surface area contributed by atoms with E-state index in [1.807, 2.05) is 41.5 Å². The highest BCUT2D eigenvalue weighted by molar-refractivity contribution is 7.90. The van der Waals surface area contributed by atoms with Gasteiger partial charge in [0.25, 0.3) is 20.0 Å². The highest BCUT2D eigenvalue weighted by atomic mass is 32.2. The number of ketones is 1. The van der Waals surface area contributed by atoms with E-state index in [9.17, 15) is 31.2 Å². The summed E-state index contributed by atoms with van der Waals surface area (Å²) in [6, 6.07) is 23.0. The molecule has 0 spiro atoms. The summed E-state index contributed by atoms with van der Waals surface area (Å²) in [7, 11) is -6.10. The standard InChI is InChI=1S/C23H26BNO6S.C22H19NO5S/c1-15-7-9-16(10-8-15)32(27,28)25-14-13-17-19(12-11-18(20(17)25)21(26)29-6)24-30-22(2,3)23(4,5)31-24;1-14-3-7-17(8-4-14)29(26,27)23-12-11-19-18(15-5-6-16(24)13-15)9-10-20(21(19)23)22(25)28-2/h7-14H,1-6H3;3-4,7-13H,5-6H2,1-2H3. The van der Waals surface area contributed by atoms with Gasteiger partial charge in [-0.3, -0.25) is 4.79 Å². The summed E-state index contributed by atoms with van der Waals surface area (Å²) in [6.07, 6.45) is 5.48. The molecule has 2 aromatic heterocycles. The summed E-state index contributed by atoms with van der Waals surface area (Å²) >= 11 is 0. The minimum Gasteiger partial charge on any atom is -0.465 e. The smallest absolute Gasteiger partial charge is 0.465 e. The Morgan fingerprint density at radius 1 is 0.623 bits per heavy atom. The lowest BCUT2D eigenvalue weighted by molar-refractivity contribution is -0.114. The number of benzene rings is 4. The van der Waals surface area contributed by atoms with E-state index in [4.69, 9.17) is 18.8 Å². The van der Waals surface area contributed by atoms with Crippen molar-refractivity contribution < 1.29 is 50.0 Å². The van der Waals surface area contributed by atoms with E-state index < -0.39 is 50.3 Å². The maximum absolute atomic E-state index is 13.5. The van der Waals surface area contributed by atoms with Crippen LogP contribution in [-0.4, -0.2) is 75.0 Å². The molecule has 0 N–H and O–H groups in total. The van der Waals surface area contributed by atoms with Crippen LogP contribution in [0.4, 0.5) is 0 Å². The molecule has 1 fully saturated rings. The van der Waals surface area contributed by atoms with Gasteiger partial charge >= 0.3 is 19.1 Å². The third kappa shape index (κ3) is 7.73. The van der Waals surface area contributed by atoms with Crippen LogP contribution in [0.25, 0.3) is 27.4 Å². The molecule has 0 unspecified atom stereocenters. The lowest BCUT2D eigenvalue weighted by Gasteiger charge is -2.32. The molecule has 0 amide bonds. The van der Waals surface area contributed by atoms with Crippen molar-refractivity contribution in [2.24, 2.45) is 0 Å². The van der Waals surface area contributed by atoms with Gasteiger partial charge in [0.15, 0.2) is 5.78 Å². The predicted octanol–water partition coefficient (Wildman–Crippen LogP) is 6.99. The minimum atomic E-state index is -3.96. The molecule has 2 aliphatic rings. The predicted molar refractivity (Wildman–Crippen MR) is 232 cm³/mol. The first-order valence-electron chi connectivity index (χ1n) is 19.4. The zero-order valence-electron chi connectivity index (χ0n) is 35.0. The topological polar surface area (TPSA) is 166 Å². The molecule has 4 aromatic carbocycles. The molecule has 16 heteroatoms. The Balaban J connectivity index is 0.000000185. The summed E-state index contributed by atoms with van der Waals surface area (Å²) in [5, 5.41) is 1.13. The van der Waals surface area contributed by atoms with Crippen LogP contribution in [0.1, 0.15) is 77.9 Å². The Hall–Kier alpha value is -5.81. The van der Waals surface area contributed by atoms with Crippen LogP contribution in [-0.2, 0) is 43.6 Å². The van der Waals surface area contributed by atoms with Gasteiger partial charge in [0.05, 0.1) is 57.4 Å². The van der Waals surface area contributed by atoms with Gasteiger partial charge in [-0.05, 0) is 119 Å². The fourth-order valence-electron chi connectivity index (χ4n) is 7.35. The number of methoxy groups -OCH3 is 2. The average molecular weight is 865 g/mol. The van der Waals surface area contributed by atoms with Crippen LogP contribution < -0.4 is 5.46 Å².